The van der Waals surface area contributed by atoms with Gasteiger partial charge in [0.2, 0.25) is 5.91 Å². The molecule has 1 aliphatic rings. The van der Waals surface area contributed by atoms with E-state index in [-0.39, 0.29) is 5.91 Å². The summed E-state index contributed by atoms with van der Waals surface area (Å²) in [5.41, 5.74) is 5.81. The first-order valence-corrected chi connectivity index (χ1v) is 8.80. The number of amides is 1. The Morgan fingerprint density at radius 1 is 1.04 bits per heavy atom. The monoisotopic (exact) mass is 360 g/mol. The van der Waals surface area contributed by atoms with Crippen molar-refractivity contribution in [2.24, 2.45) is 0 Å². The SMILES string of the molecule is CC(=O)N1Cc2cc(-c3ccccc3)ncc2/C=C\c2cc(Cl)ccc21. The number of hydrogen-bond donors (Lipinski definition) is 0. The van der Waals surface area contributed by atoms with E-state index in [0.717, 1.165) is 33.6 Å². The number of anilines is 1. The van der Waals surface area contributed by atoms with Crippen LogP contribution in [0, 0.1) is 0 Å². The first kappa shape index (κ1) is 16.6. The van der Waals surface area contributed by atoms with Crippen LogP contribution in [0.3, 0.4) is 0 Å². The van der Waals surface area contributed by atoms with Gasteiger partial charge in [0.25, 0.3) is 0 Å². The van der Waals surface area contributed by atoms with Crippen LogP contribution >= 0.6 is 11.6 Å². The number of benzene rings is 2. The Morgan fingerprint density at radius 3 is 2.58 bits per heavy atom. The summed E-state index contributed by atoms with van der Waals surface area (Å²) in [6.07, 6.45) is 5.88. The summed E-state index contributed by atoms with van der Waals surface area (Å²) >= 11 is 6.14. The second-order valence-corrected chi connectivity index (χ2v) is 6.71. The minimum Gasteiger partial charge on any atom is -0.308 e. The number of fused-ring (bicyclic) bond motifs is 2. The average molecular weight is 361 g/mol. The first-order chi connectivity index (χ1) is 12.6. The van der Waals surface area contributed by atoms with E-state index in [9.17, 15) is 4.79 Å². The Morgan fingerprint density at radius 2 is 1.81 bits per heavy atom. The van der Waals surface area contributed by atoms with E-state index in [1.54, 1.807) is 11.8 Å². The van der Waals surface area contributed by atoms with Crippen molar-refractivity contribution in [1.82, 2.24) is 4.98 Å². The molecule has 4 heteroatoms. The van der Waals surface area contributed by atoms with Gasteiger partial charge >= 0.3 is 0 Å². The van der Waals surface area contributed by atoms with Crippen molar-refractivity contribution >= 4 is 35.3 Å². The smallest absolute Gasteiger partial charge is 0.224 e. The van der Waals surface area contributed by atoms with Crippen molar-refractivity contribution < 1.29 is 4.79 Å². The number of pyridine rings is 1. The molecule has 0 N–H and O–H groups in total. The van der Waals surface area contributed by atoms with Crippen LogP contribution in [0.1, 0.15) is 23.6 Å². The zero-order valence-corrected chi connectivity index (χ0v) is 15.1. The highest BCUT2D eigenvalue weighted by atomic mass is 35.5. The predicted molar refractivity (Wildman–Crippen MR) is 107 cm³/mol. The summed E-state index contributed by atoms with van der Waals surface area (Å²) < 4.78 is 0. The average Bonchev–Trinajstić information content (AvgIpc) is 2.64. The Hall–Kier alpha value is -2.91. The highest BCUT2D eigenvalue weighted by Crippen LogP contribution is 2.32. The van der Waals surface area contributed by atoms with Crippen molar-refractivity contribution in [3.63, 3.8) is 0 Å². The topological polar surface area (TPSA) is 33.2 Å². The lowest BCUT2D eigenvalue weighted by molar-refractivity contribution is -0.116. The molecule has 4 rings (SSSR count). The molecule has 0 bridgehead atoms. The van der Waals surface area contributed by atoms with Gasteiger partial charge in [-0.15, -0.1) is 0 Å². The second kappa shape index (κ2) is 6.77. The van der Waals surface area contributed by atoms with Gasteiger partial charge < -0.3 is 4.90 Å². The second-order valence-electron chi connectivity index (χ2n) is 6.28. The van der Waals surface area contributed by atoms with Gasteiger partial charge in [0, 0.05) is 23.7 Å². The predicted octanol–water partition coefficient (Wildman–Crippen LogP) is 5.44. The molecule has 0 saturated heterocycles. The molecule has 0 saturated carbocycles. The van der Waals surface area contributed by atoms with Crippen molar-refractivity contribution in [2.75, 3.05) is 4.90 Å². The number of halogens is 1. The molecule has 2 aromatic carbocycles. The Balaban J connectivity index is 1.84. The summed E-state index contributed by atoms with van der Waals surface area (Å²) in [5.74, 6) is -0.00658. The summed E-state index contributed by atoms with van der Waals surface area (Å²) in [6, 6.07) is 17.7. The van der Waals surface area contributed by atoms with Crippen molar-refractivity contribution in [1.29, 1.82) is 0 Å². The summed E-state index contributed by atoms with van der Waals surface area (Å²) in [5, 5.41) is 0.648. The fourth-order valence-electron chi connectivity index (χ4n) is 3.18. The highest BCUT2D eigenvalue weighted by molar-refractivity contribution is 6.30. The van der Waals surface area contributed by atoms with Gasteiger partial charge in [-0.25, -0.2) is 0 Å². The van der Waals surface area contributed by atoms with Gasteiger partial charge in [-0.1, -0.05) is 54.1 Å². The molecule has 0 atom stereocenters. The largest absolute Gasteiger partial charge is 0.308 e. The maximum absolute atomic E-state index is 12.3. The summed E-state index contributed by atoms with van der Waals surface area (Å²) in [6.45, 7) is 2.08. The molecule has 3 nitrogen and oxygen atoms in total. The maximum atomic E-state index is 12.3. The fraction of sp³-hybridized carbons (Fsp3) is 0.0909. The summed E-state index contributed by atoms with van der Waals surface area (Å²) in [7, 11) is 0. The zero-order chi connectivity index (χ0) is 18.1. The lowest BCUT2D eigenvalue weighted by Gasteiger charge is -2.26. The maximum Gasteiger partial charge on any atom is 0.224 e. The van der Waals surface area contributed by atoms with E-state index in [4.69, 9.17) is 11.6 Å². The number of carbonyl (C=O) groups is 1. The van der Waals surface area contributed by atoms with Gasteiger partial charge in [0.05, 0.1) is 17.9 Å². The Kier molecular flexibility index (Phi) is 4.31. The normalized spacial score (nSPS) is 14.0. The third kappa shape index (κ3) is 3.14. The molecular formula is C22H17ClN2O. The third-order valence-electron chi connectivity index (χ3n) is 4.53. The molecule has 1 aliphatic heterocycles. The minimum absolute atomic E-state index is 0.00658. The van der Waals surface area contributed by atoms with E-state index in [2.05, 4.69) is 11.1 Å². The lowest BCUT2D eigenvalue weighted by Crippen LogP contribution is -2.29. The van der Waals surface area contributed by atoms with Gasteiger partial charge in [-0.05, 0) is 41.0 Å². The molecule has 0 radical (unpaired) electrons. The molecule has 2 heterocycles. The van der Waals surface area contributed by atoms with Gasteiger partial charge in [-0.2, -0.15) is 0 Å². The molecule has 0 fully saturated rings. The van der Waals surface area contributed by atoms with Gasteiger partial charge in [0.15, 0.2) is 0 Å². The molecule has 1 amide bonds. The van der Waals surface area contributed by atoms with Crippen LogP contribution in [0.25, 0.3) is 23.4 Å². The number of rotatable bonds is 1. The van der Waals surface area contributed by atoms with Crippen LogP contribution in [-0.4, -0.2) is 10.9 Å². The lowest BCUT2D eigenvalue weighted by atomic mass is 10.0. The van der Waals surface area contributed by atoms with Crippen molar-refractivity contribution in [2.45, 2.75) is 13.5 Å². The van der Waals surface area contributed by atoms with Crippen LogP contribution < -0.4 is 4.90 Å². The van der Waals surface area contributed by atoms with Crippen LogP contribution in [0.4, 0.5) is 5.69 Å². The van der Waals surface area contributed by atoms with E-state index in [1.807, 2.05) is 66.9 Å². The number of nitrogens with zero attached hydrogens (tertiary/aromatic N) is 2. The minimum atomic E-state index is -0.00658. The van der Waals surface area contributed by atoms with Crippen LogP contribution in [-0.2, 0) is 11.3 Å². The Labute approximate surface area is 157 Å². The Bertz CT molecular complexity index is 1010. The molecule has 3 aromatic rings. The molecule has 0 unspecified atom stereocenters. The van der Waals surface area contributed by atoms with E-state index < -0.39 is 0 Å². The van der Waals surface area contributed by atoms with E-state index in [1.165, 1.54) is 0 Å². The number of hydrogen-bond acceptors (Lipinski definition) is 2. The standard InChI is InChI=1S/C22H17ClN2O/c1-15(26)25-14-19-12-21(16-5-3-2-4-6-16)24-13-18(19)8-7-17-11-20(23)9-10-22(17)25/h2-13H,14H2,1H3/b8-7-. The van der Waals surface area contributed by atoms with Crippen LogP contribution in [0.15, 0.2) is 60.8 Å². The van der Waals surface area contributed by atoms with Gasteiger partial charge in [-0.3, -0.25) is 9.78 Å². The van der Waals surface area contributed by atoms with Crippen LogP contribution in [0.5, 0.6) is 0 Å². The van der Waals surface area contributed by atoms with E-state index in [0.29, 0.717) is 11.6 Å². The van der Waals surface area contributed by atoms with Crippen molar-refractivity contribution in [3.8, 4) is 11.3 Å². The number of carbonyl (C=O) groups excluding carboxylic acids is 1. The molecule has 0 spiro atoms. The highest BCUT2D eigenvalue weighted by Gasteiger charge is 2.19. The molecule has 128 valence electrons. The van der Waals surface area contributed by atoms with Crippen LogP contribution in [0.2, 0.25) is 5.02 Å². The van der Waals surface area contributed by atoms with Gasteiger partial charge in [0.1, 0.15) is 0 Å². The molecule has 1 aromatic heterocycles. The molecule has 0 aliphatic carbocycles. The van der Waals surface area contributed by atoms with E-state index >= 15 is 0 Å². The first-order valence-electron chi connectivity index (χ1n) is 8.42. The summed E-state index contributed by atoms with van der Waals surface area (Å²) in [4.78, 5) is 18.7. The third-order valence-corrected chi connectivity index (χ3v) is 4.76. The number of aromatic nitrogens is 1. The molecular weight excluding hydrogens is 344 g/mol. The quantitative estimate of drug-likeness (QED) is 0.579. The molecule has 26 heavy (non-hydrogen) atoms. The van der Waals surface area contributed by atoms with Crippen molar-refractivity contribution in [3.05, 3.63) is 82.5 Å². The fourth-order valence-corrected chi connectivity index (χ4v) is 3.36. The zero-order valence-electron chi connectivity index (χ0n) is 14.3.